The normalized spacial score (nSPS) is 13.7. The Morgan fingerprint density at radius 3 is 2.05 bits per heavy atom. The predicted molar refractivity (Wildman–Crippen MR) is 219 cm³/mol. The van der Waals surface area contributed by atoms with Gasteiger partial charge in [-0.05, 0) is 60.9 Å². The number of esters is 1. The van der Waals surface area contributed by atoms with Crippen LogP contribution in [-0.2, 0) is 31.0 Å². The fraction of sp³-hybridized carbons (Fsp3) is 0.378. The summed E-state index contributed by atoms with van der Waals surface area (Å²) in [6.45, 7) is 4.78. The molecule has 1 aliphatic rings. The predicted octanol–water partition coefficient (Wildman–Crippen LogP) is 8.74. The minimum atomic E-state index is -1.07. The smallest absolute Gasteiger partial charge is 0.344 e. The van der Waals surface area contributed by atoms with Gasteiger partial charge in [0.1, 0.15) is 11.6 Å². The van der Waals surface area contributed by atoms with Gasteiger partial charge in [0.05, 0.1) is 23.7 Å². The van der Waals surface area contributed by atoms with E-state index in [1.807, 2.05) is 78.4 Å². The molecule has 0 saturated carbocycles. The third-order valence-corrected chi connectivity index (χ3v) is 9.64. The van der Waals surface area contributed by atoms with Crippen molar-refractivity contribution < 1.29 is 33.8 Å². The number of imidazole rings is 1. The van der Waals surface area contributed by atoms with Crippen molar-refractivity contribution in [1.29, 1.82) is 0 Å². The summed E-state index contributed by atoms with van der Waals surface area (Å²) in [6.07, 6.45) is 16.5. The van der Waals surface area contributed by atoms with Gasteiger partial charge in [-0.25, -0.2) is 14.6 Å². The van der Waals surface area contributed by atoms with Crippen molar-refractivity contribution in [1.82, 2.24) is 20.3 Å². The molecule has 0 spiro atoms. The third kappa shape index (κ3) is 11.9. The number of hydrogen-bond donors (Lipinski definition) is 3. The van der Waals surface area contributed by atoms with Crippen molar-refractivity contribution in [2.24, 2.45) is 7.05 Å². The molecule has 1 amide bonds. The van der Waals surface area contributed by atoms with Crippen molar-refractivity contribution in [2.45, 2.75) is 84.2 Å². The monoisotopic (exact) mass is 762 g/mol. The molecular weight excluding hydrogens is 709 g/mol. The van der Waals surface area contributed by atoms with Crippen LogP contribution >= 0.6 is 0 Å². The maximum Gasteiger partial charge on any atom is 0.344 e. The first-order valence-electron chi connectivity index (χ1n) is 19.8. The van der Waals surface area contributed by atoms with Gasteiger partial charge >= 0.3 is 11.9 Å². The van der Waals surface area contributed by atoms with Crippen LogP contribution in [0.3, 0.4) is 0 Å². The maximum absolute atomic E-state index is 12.5. The standard InChI is InChI=1S/C45H54N4O7/c1-4-6-7-8-9-10-11-12-13-14-29-46-40(50)28-17-32-15-18-35(19-16-32)43-42(34-24-26-37(27-25-34)55-31-41(51)54-5-2)47-44(49(43)3)36-22-20-33(21-23-36)38-30-39(45(52)53)56-48-38/h15-28,30,39,48H,4-14,29,31H2,1-3H3,(H,46,50)(H,52,53). The zero-order chi connectivity index (χ0) is 39.7. The first-order valence-corrected chi connectivity index (χ1v) is 19.8. The van der Waals surface area contributed by atoms with E-state index in [1.165, 1.54) is 57.4 Å². The number of benzene rings is 3. The van der Waals surface area contributed by atoms with E-state index in [1.54, 1.807) is 25.1 Å². The fourth-order valence-corrected chi connectivity index (χ4v) is 6.57. The van der Waals surface area contributed by atoms with Crippen LogP contribution in [0.15, 0.2) is 84.9 Å². The summed E-state index contributed by atoms with van der Waals surface area (Å²) in [4.78, 5) is 45.9. The topological polar surface area (TPSA) is 141 Å². The van der Waals surface area contributed by atoms with Gasteiger partial charge in [0.25, 0.3) is 0 Å². The Hall–Kier alpha value is -5.68. The minimum Gasteiger partial charge on any atom is -0.482 e. The summed E-state index contributed by atoms with van der Waals surface area (Å²) in [5, 5.41) is 12.3. The summed E-state index contributed by atoms with van der Waals surface area (Å²) >= 11 is 0. The zero-order valence-electron chi connectivity index (χ0n) is 32.7. The summed E-state index contributed by atoms with van der Waals surface area (Å²) in [6, 6.07) is 23.0. The van der Waals surface area contributed by atoms with Crippen LogP contribution in [0, 0.1) is 0 Å². The average molecular weight is 763 g/mol. The van der Waals surface area contributed by atoms with Crippen molar-refractivity contribution in [3.05, 3.63) is 96.1 Å². The first-order chi connectivity index (χ1) is 27.3. The Morgan fingerprint density at radius 1 is 0.821 bits per heavy atom. The lowest BCUT2D eigenvalue weighted by Crippen LogP contribution is -2.21. The quantitative estimate of drug-likeness (QED) is 0.0407. The van der Waals surface area contributed by atoms with Crippen LogP contribution in [0.4, 0.5) is 0 Å². The Labute approximate surface area is 329 Å². The Morgan fingerprint density at radius 2 is 1.43 bits per heavy atom. The molecule has 0 fully saturated rings. The Bertz CT molecular complexity index is 1950. The highest BCUT2D eigenvalue weighted by Gasteiger charge is 2.24. The lowest BCUT2D eigenvalue weighted by Gasteiger charge is -2.10. The summed E-state index contributed by atoms with van der Waals surface area (Å²) in [5.74, 6) is -0.349. The molecule has 296 valence electrons. The van der Waals surface area contributed by atoms with E-state index in [0.717, 1.165) is 57.9 Å². The summed E-state index contributed by atoms with van der Waals surface area (Å²) < 4.78 is 12.6. The number of unbranched alkanes of at least 4 members (excludes halogenated alkanes) is 9. The lowest BCUT2D eigenvalue weighted by atomic mass is 10.0. The molecule has 0 bridgehead atoms. The van der Waals surface area contributed by atoms with Crippen LogP contribution in [0.2, 0.25) is 0 Å². The van der Waals surface area contributed by atoms with Gasteiger partial charge in [-0.3, -0.25) is 15.1 Å². The van der Waals surface area contributed by atoms with Crippen LogP contribution in [0.25, 0.3) is 45.7 Å². The SMILES string of the molecule is CCCCCCCCCCCCNC(=O)C=Cc1ccc(-c2c(-c3ccc(OCC(=O)OCC)cc3)nc(-c3ccc(C4=CC(C(=O)O)ON4)cc3)n2C)cc1. The molecule has 1 atom stereocenters. The minimum absolute atomic E-state index is 0.0986. The van der Waals surface area contributed by atoms with Gasteiger partial charge in [-0.2, -0.15) is 0 Å². The van der Waals surface area contributed by atoms with E-state index >= 15 is 0 Å². The largest absolute Gasteiger partial charge is 0.482 e. The molecule has 1 aliphatic heterocycles. The fourth-order valence-electron chi connectivity index (χ4n) is 6.57. The van der Waals surface area contributed by atoms with Crippen molar-refractivity contribution in [2.75, 3.05) is 19.8 Å². The highest BCUT2D eigenvalue weighted by Crippen LogP contribution is 2.37. The van der Waals surface area contributed by atoms with Crippen LogP contribution < -0.4 is 15.5 Å². The second kappa shape index (κ2) is 21.4. The molecule has 3 aromatic carbocycles. The van der Waals surface area contributed by atoms with E-state index in [9.17, 15) is 19.5 Å². The molecule has 4 aromatic rings. The average Bonchev–Trinajstić information content (AvgIpc) is 3.85. The molecule has 11 heteroatoms. The first kappa shape index (κ1) is 41.5. The summed E-state index contributed by atoms with van der Waals surface area (Å²) in [5.41, 5.74) is 9.22. The van der Waals surface area contributed by atoms with Crippen LogP contribution in [-0.4, -0.2) is 58.4 Å². The molecule has 0 aliphatic carbocycles. The highest BCUT2D eigenvalue weighted by atomic mass is 16.7. The molecular formula is C45H54N4O7. The number of rotatable bonds is 22. The van der Waals surface area contributed by atoms with E-state index in [-0.39, 0.29) is 19.1 Å². The number of carboxylic acid groups (broad SMARTS) is 1. The summed E-state index contributed by atoms with van der Waals surface area (Å²) in [7, 11) is 1.96. The van der Waals surface area contributed by atoms with E-state index in [4.69, 9.17) is 19.3 Å². The Kier molecular flexibility index (Phi) is 15.9. The highest BCUT2D eigenvalue weighted by molar-refractivity contribution is 5.92. The number of carbonyl (C=O) groups is 3. The second-order valence-corrected chi connectivity index (χ2v) is 13.9. The van der Waals surface area contributed by atoms with Gasteiger partial charge in [-0.1, -0.05) is 113 Å². The van der Waals surface area contributed by atoms with Crippen LogP contribution in [0.5, 0.6) is 5.75 Å². The third-order valence-electron chi connectivity index (χ3n) is 9.64. The number of carbonyl (C=O) groups excluding carboxylic acids is 2. The molecule has 0 radical (unpaired) electrons. The van der Waals surface area contributed by atoms with Gasteiger partial charge in [0, 0.05) is 36.4 Å². The number of aliphatic carboxylic acids is 1. The van der Waals surface area contributed by atoms with Crippen molar-refractivity contribution in [3.63, 3.8) is 0 Å². The number of ether oxygens (including phenoxy) is 2. The maximum atomic E-state index is 12.5. The number of carboxylic acids is 1. The zero-order valence-corrected chi connectivity index (χ0v) is 32.7. The second-order valence-electron chi connectivity index (χ2n) is 13.9. The molecule has 0 saturated heterocycles. The van der Waals surface area contributed by atoms with Gasteiger partial charge in [-0.15, -0.1) is 0 Å². The van der Waals surface area contributed by atoms with E-state index in [2.05, 4.69) is 17.7 Å². The van der Waals surface area contributed by atoms with Crippen LogP contribution in [0.1, 0.15) is 89.2 Å². The number of aromatic nitrogens is 2. The van der Waals surface area contributed by atoms with Crippen molar-refractivity contribution in [3.8, 4) is 39.7 Å². The van der Waals surface area contributed by atoms with Gasteiger partial charge < -0.3 is 24.5 Å². The molecule has 1 aromatic heterocycles. The molecule has 56 heavy (non-hydrogen) atoms. The lowest BCUT2D eigenvalue weighted by molar-refractivity contribution is -0.148. The number of nitrogens with zero attached hydrogens (tertiary/aromatic N) is 2. The number of hydroxylamine groups is 1. The van der Waals surface area contributed by atoms with Crippen molar-refractivity contribution >= 4 is 29.6 Å². The molecule has 3 N–H and O–H groups in total. The van der Waals surface area contributed by atoms with Gasteiger partial charge in [0.2, 0.25) is 12.0 Å². The number of nitrogens with one attached hydrogen (secondary N) is 2. The number of hydrogen-bond acceptors (Lipinski definition) is 8. The van der Waals surface area contributed by atoms with Gasteiger partial charge in [0.15, 0.2) is 6.61 Å². The van der Waals surface area contributed by atoms with E-state index < -0.39 is 18.0 Å². The molecule has 2 heterocycles. The van der Waals surface area contributed by atoms with E-state index in [0.29, 0.717) is 18.0 Å². The Balaban J connectivity index is 1.27. The molecule has 5 rings (SSSR count). The molecule has 1 unspecified atom stereocenters. The number of amides is 1. The molecule has 11 nitrogen and oxygen atoms in total.